The van der Waals surface area contributed by atoms with Crippen LogP contribution in [0.4, 0.5) is 11.5 Å². The van der Waals surface area contributed by atoms with Gasteiger partial charge in [-0.2, -0.15) is 0 Å². The van der Waals surface area contributed by atoms with Gasteiger partial charge < -0.3 is 19.7 Å². The minimum atomic E-state index is 0.0730. The Kier molecular flexibility index (Phi) is 5.04. The molecule has 0 saturated carbocycles. The zero-order valence-electron chi connectivity index (χ0n) is 17.6. The van der Waals surface area contributed by atoms with Crippen LogP contribution in [0.2, 0.25) is 0 Å². The van der Waals surface area contributed by atoms with Crippen molar-refractivity contribution in [2.45, 2.75) is 19.1 Å². The summed E-state index contributed by atoms with van der Waals surface area (Å²) in [6.45, 7) is 0.815. The van der Waals surface area contributed by atoms with E-state index in [9.17, 15) is 0 Å². The van der Waals surface area contributed by atoms with E-state index >= 15 is 0 Å². The molecule has 5 rings (SSSR count). The predicted octanol–water partition coefficient (Wildman–Crippen LogP) is 4.65. The Balaban J connectivity index is 1.52. The third-order valence-corrected chi connectivity index (χ3v) is 5.73. The highest BCUT2D eigenvalue weighted by Gasteiger charge is 2.29. The molecule has 1 atom stereocenters. The van der Waals surface area contributed by atoms with Crippen molar-refractivity contribution in [3.8, 4) is 11.5 Å². The van der Waals surface area contributed by atoms with E-state index < -0.39 is 0 Å². The van der Waals surface area contributed by atoms with Crippen molar-refractivity contribution in [1.29, 1.82) is 0 Å². The highest BCUT2D eigenvalue weighted by molar-refractivity contribution is 5.91. The van der Waals surface area contributed by atoms with Gasteiger partial charge in [0.25, 0.3) is 0 Å². The third kappa shape index (κ3) is 3.61. The fraction of sp³-hybridized carbons (Fsp3) is 0.200. The van der Waals surface area contributed by atoms with Crippen molar-refractivity contribution in [1.82, 2.24) is 9.97 Å². The summed E-state index contributed by atoms with van der Waals surface area (Å²) in [7, 11) is 3.26. The maximum absolute atomic E-state index is 5.50. The molecule has 0 fully saturated rings. The summed E-state index contributed by atoms with van der Waals surface area (Å²) in [4.78, 5) is 11.4. The second-order valence-electron chi connectivity index (χ2n) is 7.55. The number of aromatic nitrogens is 2. The molecular formula is C25H24N4O2. The zero-order chi connectivity index (χ0) is 21.2. The molecule has 3 aromatic carbocycles. The van der Waals surface area contributed by atoms with Gasteiger partial charge in [0.2, 0.25) is 0 Å². The van der Waals surface area contributed by atoms with E-state index in [4.69, 9.17) is 9.47 Å². The Morgan fingerprint density at radius 1 is 0.935 bits per heavy atom. The molecule has 1 aliphatic rings. The molecular weight excluding hydrogens is 388 g/mol. The van der Waals surface area contributed by atoms with Gasteiger partial charge in [-0.15, -0.1) is 0 Å². The number of fused-ring (bicyclic) bond motifs is 2. The highest BCUT2D eigenvalue weighted by Crippen LogP contribution is 2.37. The maximum atomic E-state index is 5.50. The lowest BCUT2D eigenvalue weighted by Crippen LogP contribution is -2.38. The molecule has 1 N–H and O–H groups in total. The van der Waals surface area contributed by atoms with Crippen molar-refractivity contribution in [3.63, 3.8) is 0 Å². The SMILES string of the molecule is COc1cc2ncnc(NC3Cc4ccccc4N3Cc3ccccc3)c2cc1OC. The largest absolute Gasteiger partial charge is 0.493 e. The van der Waals surface area contributed by atoms with Crippen molar-refractivity contribution in [2.24, 2.45) is 0 Å². The van der Waals surface area contributed by atoms with Crippen LogP contribution in [0, 0.1) is 0 Å². The summed E-state index contributed by atoms with van der Waals surface area (Å²) < 4.78 is 10.9. The lowest BCUT2D eigenvalue weighted by molar-refractivity contribution is 0.356. The fourth-order valence-corrected chi connectivity index (χ4v) is 4.21. The summed E-state index contributed by atoms with van der Waals surface area (Å²) in [5.74, 6) is 2.09. The first-order chi connectivity index (χ1) is 15.3. The van der Waals surface area contributed by atoms with Crippen LogP contribution in [0.3, 0.4) is 0 Å². The van der Waals surface area contributed by atoms with E-state index in [1.807, 2.05) is 18.2 Å². The van der Waals surface area contributed by atoms with Gasteiger partial charge >= 0.3 is 0 Å². The topological polar surface area (TPSA) is 59.5 Å². The highest BCUT2D eigenvalue weighted by atomic mass is 16.5. The van der Waals surface area contributed by atoms with Gasteiger partial charge in [-0.05, 0) is 23.3 Å². The van der Waals surface area contributed by atoms with Gasteiger partial charge in [0.1, 0.15) is 18.3 Å². The van der Waals surface area contributed by atoms with E-state index in [1.165, 1.54) is 16.8 Å². The second kappa shape index (κ2) is 8.14. The molecule has 4 aromatic rings. The van der Waals surface area contributed by atoms with Gasteiger partial charge in [-0.3, -0.25) is 0 Å². The summed E-state index contributed by atoms with van der Waals surface area (Å²) in [5, 5.41) is 4.57. The minimum absolute atomic E-state index is 0.0730. The number of para-hydroxylation sites is 1. The minimum Gasteiger partial charge on any atom is -0.493 e. The molecule has 0 saturated heterocycles. The summed E-state index contributed by atoms with van der Waals surface area (Å²) in [6, 6.07) is 22.9. The molecule has 1 aromatic heterocycles. The van der Waals surface area contributed by atoms with Crippen LogP contribution in [0.1, 0.15) is 11.1 Å². The molecule has 0 amide bonds. The van der Waals surface area contributed by atoms with Crippen molar-refractivity contribution in [2.75, 3.05) is 24.4 Å². The molecule has 6 heteroatoms. The number of nitrogens with zero attached hydrogens (tertiary/aromatic N) is 3. The van der Waals surface area contributed by atoms with Gasteiger partial charge in [-0.1, -0.05) is 48.5 Å². The lowest BCUT2D eigenvalue weighted by Gasteiger charge is -2.29. The molecule has 31 heavy (non-hydrogen) atoms. The summed E-state index contributed by atoms with van der Waals surface area (Å²) in [5.41, 5.74) is 4.65. The Bertz CT molecular complexity index is 1210. The molecule has 0 radical (unpaired) electrons. The molecule has 0 bridgehead atoms. The van der Waals surface area contributed by atoms with Crippen LogP contribution < -0.4 is 19.7 Å². The Morgan fingerprint density at radius 3 is 2.48 bits per heavy atom. The number of anilines is 2. The standard InChI is InChI=1S/C25H24N4O2/c1-30-22-13-19-20(14-23(22)31-2)26-16-27-25(19)28-24-12-18-10-6-7-11-21(18)29(24)15-17-8-4-3-5-9-17/h3-11,13-14,16,24H,12,15H2,1-2H3,(H,26,27,28). The first-order valence-corrected chi connectivity index (χ1v) is 10.3. The first-order valence-electron chi connectivity index (χ1n) is 10.3. The molecule has 1 unspecified atom stereocenters. The smallest absolute Gasteiger partial charge is 0.162 e. The number of rotatable bonds is 6. The van der Waals surface area contributed by atoms with Crippen LogP contribution >= 0.6 is 0 Å². The molecule has 156 valence electrons. The van der Waals surface area contributed by atoms with Crippen molar-refractivity contribution in [3.05, 3.63) is 84.2 Å². The van der Waals surface area contributed by atoms with Crippen LogP contribution in [0.25, 0.3) is 10.9 Å². The van der Waals surface area contributed by atoms with E-state index in [1.54, 1.807) is 20.5 Å². The average molecular weight is 412 g/mol. The quantitative estimate of drug-likeness (QED) is 0.498. The van der Waals surface area contributed by atoms with E-state index in [0.29, 0.717) is 11.5 Å². The lowest BCUT2D eigenvalue weighted by atomic mass is 10.1. The Hall–Kier alpha value is -3.80. The second-order valence-corrected chi connectivity index (χ2v) is 7.55. The van der Waals surface area contributed by atoms with E-state index in [-0.39, 0.29) is 6.17 Å². The van der Waals surface area contributed by atoms with E-state index in [0.717, 1.165) is 29.7 Å². The number of benzene rings is 3. The van der Waals surface area contributed by atoms with Crippen LogP contribution in [-0.4, -0.2) is 30.4 Å². The van der Waals surface area contributed by atoms with Crippen LogP contribution in [-0.2, 0) is 13.0 Å². The molecule has 6 nitrogen and oxygen atoms in total. The van der Waals surface area contributed by atoms with Gasteiger partial charge in [-0.25, -0.2) is 9.97 Å². The van der Waals surface area contributed by atoms with Gasteiger partial charge in [0, 0.05) is 30.1 Å². The van der Waals surface area contributed by atoms with Crippen molar-refractivity contribution < 1.29 is 9.47 Å². The molecule has 1 aliphatic heterocycles. The molecule has 0 aliphatic carbocycles. The monoisotopic (exact) mass is 412 g/mol. The van der Waals surface area contributed by atoms with Gasteiger partial charge in [0.15, 0.2) is 11.5 Å². The normalized spacial score (nSPS) is 15.0. The third-order valence-electron chi connectivity index (χ3n) is 5.73. The summed E-state index contributed by atoms with van der Waals surface area (Å²) >= 11 is 0. The van der Waals surface area contributed by atoms with E-state index in [2.05, 4.69) is 68.7 Å². The van der Waals surface area contributed by atoms with Gasteiger partial charge in [0.05, 0.1) is 19.7 Å². The number of nitrogens with one attached hydrogen (secondary N) is 1. The number of ether oxygens (including phenoxy) is 2. The first kappa shape index (κ1) is 19.2. The molecule has 2 heterocycles. The summed E-state index contributed by atoms with van der Waals surface area (Å²) in [6.07, 6.45) is 2.55. The number of methoxy groups -OCH3 is 2. The number of hydrogen-bond acceptors (Lipinski definition) is 6. The predicted molar refractivity (Wildman–Crippen MR) is 123 cm³/mol. The Morgan fingerprint density at radius 2 is 1.68 bits per heavy atom. The molecule has 0 spiro atoms. The Labute approximate surface area is 181 Å². The van der Waals surface area contributed by atoms with Crippen LogP contribution in [0.5, 0.6) is 11.5 Å². The van der Waals surface area contributed by atoms with Crippen LogP contribution in [0.15, 0.2) is 73.1 Å². The fourth-order valence-electron chi connectivity index (χ4n) is 4.21. The zero-order valence-corrected chi connectivity index (χ0v) is 17.6. The maximum Gasteiger partial charge on any atom is 0.162 e. The van der Waals surface area contributed by atoms with Crippen molar-refractivity contribution >= 4 is 22.4 Å². The average Bonchev–Trinajstić information content (AvgIpc) is 3.16. The number of hydrogen-bond donors (Lipinski definition) is 1.